The van der Waals surface area contributed by atoms with Gasteiger partial charge in [-0.2, -0.15) is 0 Å². The number of phenolic OH excluding ortho intramolecular Hbond substituents is 4. The second kappa shape index (κ2) is 20.9. The van der Waals surface area contributed by atoms with E-state index in [4.69, 9.17) is 0 Å². The predicted octanol–water partition coefficient (Wildman–Crippen LogP) is 9.95. The van der Waals surface area contributed by atoms with E-state index in [1.165, 1.54) is 0 Å². The molecule has 7 N–H and O–H groups in total. The number of hydrogen-bond acceptors (Lipinski definition) is 7. The van der Waals surface area contributed by atoms with Crippen LogP contribution in [-0.4, -0.2) is 41.8 Å². The quantitative estimate of drug-likeness (QED) is 0.0431. The van der Waals surface area contributed by atoms with Crippen LogP contribution in [0.3, 0.4) is 0 Å². The predicted molar refractivity (Wildman–Crippen MR) is 245 cm³/mol. The van der Waals surface area contributed by atoms with Crippen LogP contribution in [-0.2, 0) is 51.4 Å². The Morgan fingerprint density at radius 2 is 0.887 bits per heavy atom. The molecule has 7 nitrogen and oxygen atoms in total. The lowest BCUT2D eigenvalue weighted by Gasteiger charge is -2.35. The van der Waals surface area contributed by atoms with Crippen molar-refractivity contribution in [1.82, 2.24) is 0 Å². The molecule has 318 valence electrons. The van der Waals surface area contributed by atoms with Gasteiger partial charge in [-0.05, 0) is 125 Å². The van der Waals surface area contributed by atoms with Gasteiger partial charge in [0.05, 0.1) is 18.3 Å². The molecule has 0 aliphatic carbocycles. The lowest BCUT2D eigenvalue weighted by molar-refractivity contribution is 0.132. The van der Waals surface area contributed by atoms with Gasteiger partial charge < -0.3 is 35.7 Å². The number of benzene rings is 7. The third-order valence-electron chi connectivity index (χ3n) is 12.0. The van der Waals surface area contributed by atoms with Gasteiger partial charge >= 0.3 is 0 Å². The summed E-state index contributed by atoms with van der Waals surface area (Å²) in [4.78, 5) is 0. The molecule has 0 heterocycles. The van der Waals surface area contributed by atoms with Crippen LogP contribution in [0.4, 0.5) is 0 Å². The zero-order chi connectivity index (χ0) is 43.4. The fourth-order valence-corrected chi connectivity index (χ4v) is 8.94. The fourth-order valence-electron chi connectivity index (χ4n) is 8.94. The van der Waals surface area contributed by atoms with Gasteiger partial charge in [-0.3, -0.25) is 0 Å². The molecule has 0 radical (unpaired) electrons. The Kier molecular flexibility index (Phi) is 14.8. The standard InChI is InChI=1S/C55H56O7/c56-43-28-23-37(24-29-43)25-30-46-52(45(32-27-42-20-10-11-22-48(42)58)49(59)34-38-13-4-1-5-14-38)53(50(60)35-39-15-6-2-7-16-39)47(31-26-41-19-12-21-44(57)33-41)55(62)54(46)51(61)36-40-17-8-3-9-18-40/h1-24,28-29,33,45,49-51,56-62H,25-27,30-32,34-36H2. The van der Waals surface area contributed by atoms with Crippen LogP contribution in [0, 0.1) is 0 Å². The summed E-state index contributed by atoms with van der Waals surface area (Å²) in [5, 5.41) is 82.5. The van der Waals surface area contributed by atoms with E-state index < -0.39 is 24.2 Å². The Morgan fingerprint density at radius 1 is 0.371 bits per heavy atom. The van der Waals surface area contributed by atoms with E-state index in [9.17, 15) is 35.7 Å². The Hall–Kier alpha value is -6.38. The molecule has 0 aromatic heterocycles. The van der Waals surface area contributed by atoms with Gasteiger partial charge in [0, 0.05) is 29.9 Å². The zero-order valence-electron chi connectivity index (χ0n) is 34.9. The number of aliphatic hydroxyl groups is 3. The summed E-state index contributed by atoms with van der Waals surface area (Å²) in [6.45, 7) is 0. The highest BCUT2D eigenvalue weighted by atomic mass is 16.3. The molecule has 0 saturated heterocycles. The summed E-state index contributed by atoms with van der Waals surface area (Å²) in [5.74, 6) is -0.336. The number of aromatic hydroxyl groups is 4. The summed E-state index contributed by atoms with van der Waals surface area (Å²) < 4.78 is 0. The number of hydrogen-bond donors (Lipinski definition) is 7. The molecule has 7 heteroatoms. The smallest absolute Gasteiger partial charge is 0.125 e. The van der Waals surface area contributed by atoms with Gasteiger partial charge in [0.25, 0.3) is 0 Å². The molecule has 0 bridgehead atoms. The second-order valence-electron chi connectivity index (χ2n) is 16.3. The summed E-state index contributed by atoms with van der Waals surface area (Å²) in [7, 11) is 0. The van der Waals surface area contributed by atoms with Crippen molar-refractivity contribution in [2.75, 3.05) is 0 Å². The molecule has 0 aliphatic heterocycles. The van der Waals surface area contributed by atoms with E-state index in [1.54, 1.807) is 42.5 Å². The van der Waals surface area contributed by atoms with Gasteiger partial charge in [-0.15, -0.1) is 0 Å². The van der Waals surface area contributed by atoms with Crippen LogP contribution in [0.5, 0.6) is 23.0 Å². The molecular formula is C55H56O7. The fraction of sp³-hybridized carbons (Fsp3) is 0.236. The molecule has 7 rings (SSSR count). The maximum Gasteiger partial charge on any atom is 0.125 e. The maximum absolute atomic E-state index is 12.9. The molecule has 0 aliphatic rings. The second-order valence-corrected chi connectivity index (χ2v) is 16.3. The molecule has 62 heavy (non-hydrogen) atoms. The van der Waals surface area contributed by atoms with Gasteiger partial charge in [0.2, 0.25) is 0 Å². The van der Waals surface area contributed by atoms with E-state index in [0.29, 0.717) is 71.9 Å². The van der Waals surface area contributed by atoms with Crippen molar-refractivity contribution < 1.29 is 35.7 Å². The minimum Gasteiger partial charge on any atom is -0.508 e. The van der Waals surface area contributed by atoms with Crippen LogP contribution in [0.2, 0.25) is 0 Å². The summed E-state index contributed by atoms with van der Waals surface area (Å²) in [5.41, 5.74) is 7.82. The highest BCUT2D eigenvalue weighted by Crippen LogP contribution is 2.47. The molecule has 0 spiro atoms. The molecular weight excluding hydrogens is 773 g/mol. The molecule has 0 fully saturated rings. The van der Waals surface area contributed by atoms with Crippen LogP contribution >= 0.6 is 0 Å². The minimum atomic E-state index is -1.17. The number of aryl methyl sites for hydroxylation is 3. The number of phenols is 4. The van der Waals surface area contributed by atoms with Crippen molar-refractivity contribution in [2.24, 2.45) is 0 Å². The van der Waals surface area contributed by atoms with E-state index >= 15 is 0 Å². The topological polar surface area (TPSA) is 142 Å². The summed E-state index contributed by atoms with van der Waals surface area (Å²) in [6.07, 6.45) is -0.351. The first-order chi connectivity index (χ1) is 30.1. The normalized spacial score (nSPS) is 13.3. The van der Waals surface area contributed by atoms with Crippen molar-refractivity contribution in [2.45, 2.75) is 82.0 Å². The van der Waals surface area contributed by atoms with E-state index in [-0.39, 0.29) is 42.3 Å². The van der Waals surface area contributed by atoms with E-state index in [0.717, 1.165) is 27.8 Å². The summed E-state index contributed by atoms with van der Waals surface area (Å²) in [6, 6.07) is 50.2. The van der Waals surface area contributed by atoms with Gasteiger partial charge in [-0.25, -0.2) is 0 Å². The number of rotatable bonds is 19. The minimum absolute atomic E-state index is 0.0999. The molecule has 7 aromatic rings. The van der Waals surface area contributed by atoms with Crippen LogP contribution in [0.1, 0.15) is 85.7 Å². The van der Waals surface area contributed by atoms with Crippen molar-refractivity contribution in [3.05, 3.63) is 225 Å². The lowest BCUT2D eigenvalue weighted by Crippen LogP contribution is -2.28. The Labute approximate surface area is 364 Å². The highest BCUT2D eigenvalue weighted by molar-refractivity contribution is 5.60. The monoisotopic (exact) mass is 828 g/mol. The molecule has 7 aromatic carbocycles. The van der Waals surface area contributed by atoms with Gasteiger partial charge in [0.1, 0.15) is 23.0 Å². The van der Waals surface area contributed by atoms with E-state index in [1.807, 2.05) is 121 Å². The van der Waals surface area contributed by atoms with Gasteiger partial charge in [0.15, 0.2) is 0 Å². The molecule has 0 amide bonds. The lowest BCUT2D eigenvalue weighted by atomic mass is 9.73. The first kappa shape index (κ1) is 43.7. The molecule has 4 unspecified atom stereocenters. The largest absolute Gasteiger partial charge is 0.508 e. The van der Waals surface area contributed by atoms with Crippen molar-refractivity contribution in [3.63, 3.8) is 0 Å². The van der Waals surface area contributed by atoms with Crippen molar-refractivity contribution in [1.29, 1.82) is 0 Å². The van der Waals surface area contributed by atoms with Crippen LogP contribution < -0.4 is 0 Å². The number of aliphatic hydroxyl groups excluding tert-OH is 3. The average molecular weight is 829 g/mol. The van der Waals surface area contributed by atoms with Crippen molar-refractivity contribution >= 4 is 0 Å². The third kappa shape index (κ3) is 11.1. The van der Waals surface area contributed by atoms with Crippen LogP contribution in [0.25, 0.3) is 0 Å². The zero-order valence-corrected chi connectivity index (χ0v) is 34.9. The molecule has 0 saturated carbocycles. The molecule has 4 atom stereocenters. The van der Waals surface area contributed by atoms with Gasteiger partial charge in [-0.1, -0.05) is 133 Å². The first-order valence-corrected chi connectivity index (χ1v) is 21.5. The van der Waals surface area contributed by atoms with E-state index in [2.05, 4.69) is 0 Å². The Balaban J connectivity index is 1.50. The SMILES string of the molecule is Oc1ccc(CCc2c(C(O)Cc3ccccc3)c(O)c(CCc3cccc(O)c3)c(C(O)Cc3ccccc3)c2C(CCc2ccccc2O)C(O)Cc2ccccc2)cc1. The van der Waals surface area contributed by atoms with Crippen molar-refractivity contribution in [3.8, 4) is 23.0 Å². The third-order valence-corrected chi connectivity index (χ3v) is 12.0. The Morgan fingerprint density at radius 3 is 1.48 bits per heavy atom. The Bertz CT molecular complexity index is 2490. The van der Waals surface area contributed by atoms with Crippen LogP contribution in [0.15, 0.2) is 164 Å². The number of para-hydroxylation sites is 1. The average Bonchev–Trinajstić information content (AvgIpc) is 3.27. The summed E-state index contributed by atoms with van der Waals surface area (Å²) >= 11 is 0. The maximum atomic E-state index is 12.9. The highest BCUT2D eigenvalue weighted by Gasteiger charge is 2.36. The first-order valence-electron chi connectivity index (χ1n) is 21.5.